The van der Waals surface area contributed by atoms with E-state index in [-0.39, 0.29) is 18.2 Å². The molecule has 1 aromatic carbocycles. The zero-order chi connectivity index (χ0) is 18.0. The molecule has 0 saturated heterocycles. The zero-order valence-corrected chi connectivity index (χ0v) is 14.2. The molecule has 3 aromatic rings. The molecule has 0 radical (unpaired) electrons. The van der Waals surface area contributed by atoms with Crippen molar-refractivity contribution in [1.82, 2.24) is 19.5 Å². The van der Waals surface area contributed by atoms with E-state index in [1.165, 1.54) is 25.6 Å². The van der Waals surface area contributed by atoms with Gasteiger partial charge in [0, 0.05) is 11.6 Å². The molecule has 0 amide bonds. The number of ether oxygens (including phenoxy) is 1. The minimum atomic E-state index is -0.573. The number of carbonyl (C=O) groups excluding carboxylic acids is 1. The van der Waals surface area contributed by atoms with Crippen LogP contribution < -0.4 is 5.32 Å². The molecule has 2 heterocycles. The van der Waals surface area contributed by atoms with Gasteiger partial charge in [-0.3, -0.25) is 0 Å². The fraction of sp³-hybridized carbons (Fsp3) is 0.294. The first-order chi connectivity index (χ1) is 12.0. The van der Waals surface area contributed by atoms with E-state index in [0.29, 0.717) is 22.5 Å². The van der Waals surface area contributed by atoms with Crippen LogP contribution in [0.4, 0.5) is 10.2 Å². The van der Waals surface area contributed by atoms with E-state index < -0.39 is 11.8 Å². The van der Waals surface area contributed by atoms with E-state index in [9.17, 15) is 9.18 Å². The first kappa shape index (κ1) is 16.8. The molecule has 3 rings (SSSR count). The molecule has 1 N–H and O–H groups in total. The van der Waals surface area contributed by atoms with Gasteiger partial charge in [0.25, 0.3) is 0 Å². The average Bonchev–Trinajstić information content (AvgIpc) is 2.99. The second-order valence-corrected chi connectivity index (χ2v) is 5.86. The van der Waals surface area contributed by atoms with E-state index in [1.54, 1.807) is 17.0 Å². The Balaban J connectivity index is 1.92. The molecule has 0 fully saturated rings. The smallest absolute Gasteiger partial charge is 0.337 e. The Bertz CT molecular complexity index is 923. The molecular formula is C17H18FN5O2. The lowest BCUT2D eigenvalue weighted by atomic mass is 10.1. The number of methoxy groups -OCH3 is 1. The van der Waals surface area contributed by atoms with Crippen LogP contribution in [0.15, 0.2) is 30.9 Å². The number of fused-ring (bicyclic) bond motifs is 1. The minimum absolute atomic E-state index is 0.171. The predicted octanol–water partition coefficient (Wildman–Crippen LogP) is 2.62. The van der Waals surface area contributed by atoms with Crippen LogP contribution in [0.2, 0.25) is 0 Å². The van der Waals surface area contributed by atoms with Crippen LogP contribution in [0, 0.1) is 5.82 Å². The number of halogens is 1. The summed E-state index contributed by atoms with van der Waals surface area (Å²) in [5.41, 5.74) is 1.83. The molecule has 2 aromatic heterocycles. The van der Waals surface area contributed by atoms with Crippen molar-refractivity contribution < 1.29 is 13.9 Å². The molecule has 8 heteroatoms. The summed E-state index contributed by atoms with van der Waals surface area (Å²) in [5.74, 6) is -0.421. The maximum Gasteiger partial charge on any atom is 0.337 e. The Morgan fingerprint density at radius 1 is 1.32 bits per heavy atom. The van der Waals surface area contributed by atoms with Crippen molar-refractivity contribution in [3.8, 4) is 0 Å². The van der Waals surface area contributed by atoms with Crippen LogP contribution in [0.5, 0.6) is 0 Å². The van der Waals surface area contributed by atoms with Gasteiger partial charge in [-0.25, -0.2) is 24.1 Å². The second-order valence-electron chi connectivity index (χ2n) is 5.86. The lowest BCUT2D eigenvalue weighted by Gasteiger charge is -2.09. The van der Waals surface area contributed by atoms with Crippen LogP contribution in [-0.2, 0) is 11.3 Å². The predicted molar refractivity (Wildman–Crippen MR) is 90.9 cm³/mol. The van der Waals surface area contributed by atoms with Crippen LogP contribution in [0.3, 0.4) is 0 Å². The topological polar surface area (TPSA) is 81.9 Å². The number of anilines is 1. The summed E-state index contributed by atoms with van der Waals surface area (Å²) in [4.78, 5) is 24.3. The Kier molecular flexibility index (Phi) is 4.60. The first-order valence-electron chi connectivity index (χ1n) is 7.78. The maximum atomic E-state index is 14.3. The number of hydrogen-bond donors (Lipinski definition) is 1. The van der Waals surface area contributed by atoms with Crippen molar-refractivity contribution in [2.75, 3.05) is 12.4 Å². The van der Waals surface area contributed by atoms with Gasteiger partial charge in [-0.1, -0.05) is 6.07 Å². The number of benzene rings is 1. The third-order valence-corrected chi connectivity index (χ3v) is 3.64. The third-order valence-electron chi connectivity index (χ3n) is 3.64. The Hall–Kier alpha value is -3.03. The summed E-state index contributed by atoms with van der Waals surface area (Å²) >= 11 is 0. The van der Waals surface area contributed by atoms with E-state index in [0.717, 1.165) is 0 Å². The first-order valence-corrected chi connectivity index (χ1v) is 7.78. The molecule has 0 aliphatic rings. The van der Waals surface area contributed by atoms with Crippen molar-refractivity contribution in [2.24, 2.45) is 0 Å². The molecule has 0 aliphatic carbocycles. The third kappa shape index (κ3) is 3.42. The van der Waals surface area contributed by atoms with Gasteiger partial charge in [-0.15, -0.1) is 0 Å². The molecule has 130 valence electrons. The SMILES string of the molecule is COC(=O)c1ccc(Cn2cnc3c(NC(C)C)ncnc32)c(F)c1. The summed E-state index contributed by atoms with van der Waals surface area (Å²) in [6.45, 7) is 4.24. The van der Waals surface area contributed by atoms with Crippen molar-refractivity contribution in [2.45, 2.75) is 26.4 Å². The molecule has 0 unspecified atom stereocenters. The zero-order valence-electron chi connectivity index (χ0n) is 14.2. The van der Waals surface area contributed by atoms with Crippen LogP contribution in [0.25, 0.3) is 11.2 Å². The largest absolute Gasteiger partial charge is 0.465 e. The molecule has 0 atom stereocenters. The van der Waals surface area contributed by atoms with E-state index in [2.05, 4.69) is 25.0 Å². The molecule has 7 nitrogen and oxygen atoms in total. The molecule has 0 saturated carbocycles. The normalized spacial score (nSPS) is 11.1. The van der Waals surface area contributed by atoms with Crippen LogP contribution >= 0.6 is 0 Å². The second kappa shape index (κ2) is 6.84. The number of carbonyl (C=O) groups is 1. The minimum Gasteiger partial charge on any atom is -0.465 e. The number of esters is 1. The number of aromatic nitrogens is 4. The monoisotopic (exact) mass is 343 g/mol. The van der Waals surface area contributed by atoms with Crippen LogP contribution in [0.1, 0.15) is 29.8 Å². The number of hydrogen-bond acceptors (Lipinski definition) is 6. The quantitative estimate of drug-likeness (QED) is 0.717. The molecular weight excluding hydrogens is 325 g/mol. The summed E-state index contributed by atoms with van der Waals surface area (Å²) in [6, 6.07) is 4.46. The number of nitrogens with one attached hydrogen (secondary N) is 1. The lowest BCUT2D eigenvalue weighted by molar-refractivity contribution is 0.0600. The van der Waals surface area contributed by atoms with Gasteiger partial charge in [-0.05, 0) is 26.0 Å². The number of rotatable bonds is 5. The Labute approximate surface area is 143 Å². The van der Waals surface area contributed by atoms with Gasteiger partial charge < -0.3 is 14.6 Å². The highest BCUT2D eigenvalue weighted by molar-refractivity contribution is 5.89. The standard InChI is InChI=1S/C17H18FN5O2/c1-10(2)22-15-14-16(20-8-19-15)23(9-21-14)7-12-5-4-11(6-13(12)18)17(24)25-3/h4-6,8-10H,7H2,1-3H3,(H,19,20,22). The van der Waals surface area contributed by atoms with Crippen molar-refractivity contribution in [3.63, 3.8) is 0 Å². The van der Waals surface area contributed by atoms with Gasteiger partial charge in [-0.2, -0.15) is 0 Å². The van der Waals surface area contributed by atoms with Gasteiger partial charge in [0.1, 0.15) is 17.7 Å². The number of nitrogens with zero attached hydrogens (tertiary/aromatic N) is 4. The van der Waals surface area contributed by atoms with Crippen molar-refractivity contribution in [3.05, 3.63) is 47.8 Å². The summed E-state index contributed by atoms with van der Waals surface area (Å²) in [7, 11) is 1.26. The van der Waals surface area contributed by atoms with E-state index >= 15 is 0 Å². The Morgan fingerprint density at radius 2 is 2.12 bits per heavy atom. The summed E-state index contributed by atoms with van der Waals surface area (Å²) in [6.07, 6.45) is 3.04. The molecule has 0 bridgehead atoms. The highest BCUT2D eigenvalue weighted by Gasteiger charge is 2.14. The van der Waals surface area contributed by atoms with Gasteiger partial charge >= 0.3 is 5.97 Å². The summed E-state index contributed by atoms with van der Waals surface area (Å²) < 4.78 is 20.6. The number of imidazole rings is 1. The summed E-state index contributed by atoms with van der Waals surface area (Å²) in [5, 5.41) is 3.21. The maximum absolute atomic E-state index is 14.3. The highest BCUT2D eigenvalue weighted by Crippen LogP contribution is 2.20. The van der Waals surface area contributed by atoms with Crippen molar-refractivity contribution in [1.29, 1.82) is 0 Å². The lowest BCUT2D eigenvalue weighted by Crippen LogP contribution is -2.12. The average molecular weight is 343 g/mol. The van der Waals surface area contributed by atoms with Gasteiger partial charge in [0.05, 0.1) is 25.5 Å². The van der Waals surface area contributed by atoms with Crippen LogP contribution in [-0.4, -0.2) is 38.6 Å². The highest BCUT2D eigenvalue weighted by atomic mass is 19.1. The molecule has 0 aliphatic heterocycles. The van der Waals surface area contributed by atoms with Gasteiger partial charge in [0.2, 0.25) is 0 Å². The molecule has 25 heavy (non-hydrogen) atoms. The fourth-order valence-electron chi connectivity index (χ4n) is 2.48. The molecule has 0 spiro atoms. The van der Waals surface area contributed by atoms with E-state index in [1.807, 2.05) is 13.8 Å². The fourth-order valence-corrected chi connectivity index (χ4v) is 2.48. The Morgan fingerprint density at radius 3 is 2.80 bits per heavy atom. The van der Waals surface area contributed by atoms with Crippen molar-refractivity contribution >= 4 is 23.0 Å². The van der Waals surface area contributed by atoms with E-state index in [4.69, 9.17) is 0 Å². The van der Waals surface area contributed by atoms with Gasteiger partial charge in [0.15, 0.2) is 11.5 Å².